The van der Waals surface area contributed by atoms with Gasteiger partial charge in [0.15, 0.2) is 0 Å². The van der Waals surface area contributed by atoms with E-state index in [1.807, 2.05) is 12.1 Å². The van der Waals surface area contributed by atoms with Crippen LogP contribution in [-0.2, 0) is 0 Å². The van der Waals surface area contributed by atoms with E-state index in [1.54, 1.807) is 18.2 Å². The molecule has 26 heavy (non-hydrogen) atoms. The number of phenols is 1. The summed E-state index contributed by atoms with van der Waals surface area (Å²) in [5.74, 6) is -0.134. The highest BCUT2D eigenvalue weighted by atomic mass is 79.9. The van der Waals surface area contributed by atoms with E-state index in [1.165, 1.54) is 12.1 Å². The number of nitrogens with one attached hydrogen (secondary N) is 1. The Morgan fingerprint density at radius 3 is 2.35 bits per heavy atom. The van der Waals surface area contributed by atoms with Gasteiger partial charge in [0, 0.05) is 31.7 Å². The van der Waals surface area contributed by atoms with Gasteiger partial charge in [0.25, 0.3) is 0 Å². The minimum absolute atomic E-state index is 0.131. The number of benzene rings is 2. The van der Waals surface area contributed by atoms with Gasteiger partial charge in [-0.05, 0) is 39.7 Å². The molecule has 1 saturated heterocycles. The molecule has 2 N–H and O–H groups in total. The molecule has 0 saturated carbocycles. The number of phenolic OH excluding ortho intramolecular Hbond substituents is 1. The maximum absolute atomic E-state index is 12.4. The van der Waals surface area contributed by atoms with E-state index in [0.717, 1.165) is 31.7 Å². The van der Waals surface area contributed by atoms with Gasteiger partial charge in [0.05, 0.1) is 10.5 Å². The molecule has 0 bridgehead atoms. The predicted molar refractivity (Wildman–Crippen MR) is 95.2 cm³/mol. The zero-order valence-electron chi connectivity index (χ0n) is 13.8. The normalized spacial score (nSPS) is 17.1. The molecule has 2 aromatic carbocycles. The molecule has 4 nitrogen and oxygen atoms in total. The SMILES string of the molecule is Oc1c(Br)cccc1[C@H](c1ccc(OC(F)(F)F)cc1)N1CCNCC1. The lowest BCUT2D eigenvalue weighted by Gasteiger charge is -2.36. The molecule has 1 fully saturated rings. The molecule has 0 unspecified atom stereocenters. The van der Waals surface area contributed by atoms with Gasteiger partial charge >= 0.3 is 6.36 Å². The van der Waals surface area contributed by atoms with Crippen molar-refractivity contribution in [2.75, 3.05) is 26.2 Å². The number of para-hydroxylation sites is 1. The Balaban J connectivity index is 1.96. The van der Waals surface area contributed by atoms with Gasteiger partial charge in [-0.1, -0.05) is 24.3 Å². The first-order chi connectivity index (χ1) is 12.3. The lowest BCUT2D eigenvalue weighted by atomic mass is 9.95. The Morgan fingerprint density at radius 1 is 1.08 bits per heavy atom. The van der Waals surface area contributed by atoms with Crippen LogP contribution in [-0.4, -0.2) is 42.5 Å². The molecule has 1 heterocycles. The Bertz CT molecular complexity index is 747. The number of nitrogens with zero attached hydrogens (tertiary/aromatic N) is 1. The highest BCUT2D eigenvalue weighted by Gasteiger charge is 2.31. The molecule has 0 amide bonds. The smallest absolute Gasteiger partial charge is 0.506 e. The van der Waals surface area contributed by atoms with Crippen molar-refractivity contribution in [3.63, 3.8) is 0 Å². The van der Waals surface area contributed by atoms with Crippen LogP contribution < -0.4 is 10.1 Å². The summed E-state index contributed by atoms with van der Waals surface area (Å²) in [5.41, 5.74) is 1.49. The zero-order valence-corrected chi connectivity index (χ0v) is 15.3. The molecule has 1 atom stereocenters. The van der Waals surface area contributed by atoms with E-state index in [9.17, 15) is 18.3 Å². The summed E-state index contributed by atoms with van der Waals surface area (Å²) < 4.78 is 41.7. The maximum atomic E-state index is 12.4. The van der Waals surface area contributed by atoms with E-state index >= 15 is 0 Å². The van der Waals surface area contributed by atoms with Crippen LogP contribution in [0, 0.1) is 0 Å². The molecule has 8 heteroatoms. The molecule has 140 valence electrons. The zero-order chi connectivity index (χ0) is 18.7. The first kappa shape index (κ1) is 19.0. The molecular weight excluding hydrogens is 413 g/mol. The van der Waals surface area contributed by atoms with E-state index in [4.69, 9.17) is 0 Å². The summed E-state index contributed by atoms with van der Waals surface area (Å²) in [4.78, 5) is 2.19. The summed E-state index contributed by atoms with van der Waals surface area (Å²) in [7, 11) is 0. The highest BCUT2D eigenvalue weighted by molar-refractivity contribution is 9.10. The van der Waals surface area contributed by atoms with Crippen molar-refractivity contribution < 1.29 is 23.0 Å². The average molecular weight is 431 g/mol. The largest absolute Gasteiger partial charge is 0.573 e. The summed E-state index contributed by atoms with van der Waals surface area (Å²) in [6, 6.07) is 10.9. The molecule has 0 spiro atoms. The van der Waals surface area contributed by atoms with Crippen LogP contribution in [0.4, 0.5) is 13.2 Å². The van der Waals surface area contributed by atoms with Crippen molar-refractivity contribution in [2.24, 2.45) is 0 Å². The summed E-state index contributed by atoms with van der Waals surface area (Å²) in [6.07, 6.45) is -4.72. The summed E-state index contributed by atoms with van der Waals surface area (Å²) in [6.45, 7) is 3.13. The molecular formula is C18H18BrF3N2O2. The maximum Gasteiger partial charge on any atom is 0.573 e. The van der Waals surface area contributed by atoms with Crippen molar-refractivity contribution in [1.29, 1.82) is 0 Å². The number of rotatable bonds is 4. The first-order valence-corrected chi connectivity index (χ1v) is 8.92. The van der Waals surface area contributed by atoms with Crippen molar-refractivity contribution >= 4 is 15.9 Å². The number of hydrogen-bond acceptors (Lipinski definition) is 4. The van der Waals surface area contributed by atoms with E-state index in [2.05, 4.69) is 30.9 Å². The Labute approximate surface area is 157 Å². The monoisotopic (exact) mass is 430 g/mol. The van der Waals surface area contributed by atoms with Crippen molar-refractivity contribution in [2.45, 2.75) is 12.4 Å². The van der Waals surface area contributed by atoms with Gasteiger partial charge in [-0.15, -0.1) is 13.2 Å². The third-order valence-corrected chi connectivity index (χ3v) is 4.90. The molecule has 1 aliphatic heterocycles. The second kappa shape index (κ2) is 7.85. The number of piperazine rings is 1. The third kappa shape index (κ3) is 4.49. The van der Waals surface area contributed by atoms with Crippen LogP contribution in [0.3, 0.4) is 0 Å². The lowest BCUT2D eigenvalue weighted by Crippen LogP contribution is -2.45. The Morgan fingerprint density at radius 2 is 1.73 bits per heavy atom. The standard InChI is InChI=1S/C18H18BrF3N2O2/c19-15-3-1-2-14(17(15)25)16(24-10-8-23-9-11-24)12-4-6-13(7-5-12)26-18(20,21)22/h1-7,16,23,25H,8-11H2/t16-/m0/s1. The molecule has 0 aromatic heterocycles. The van der Waals surface area contributed by atoms with Crippen LogP contribution in [0.2, 0.25) is 0 Å². The van der Waals surface area contributed by atoms with E-state index < -0.39 is 6.36 Å². The van der Waals surface area contributed by atoms with Crippen LogP contribution in [0.15, 0.2) is 46.9 Å². The van der Waals surface area contributed by atoms with Gasteiger partial charge < -0.3 is 15.2 Å². The third-order valence-electron chi connectivity index (χ3n) is 4.26. The van der Waals surface area contributed by atoms with Gasteiger partial charge in [0.2, 0.25) is 0 Å². The molecule has 2 aromatic rings. The van der Waals surface area contributed by atoms with Crippen molar-refractivity contribution in [3.8, 4) is 11.5 Å². The molecule has 0 radical (unpaired) electrons. The number of aromatic hydroxyl groups is 1. The van der Waals surface area contributed by atoms with Gasteiger partial charge in [-0.3, -0.25) is 4.90 Å². The molecule has 3 rings (SSSR count). The summed E-state index contributed by atoms with van der Waals surface area (Å²) >= 11 is 3.33. The first-order valence-electron chi connectivity index (χ1n) is 8.13. The minimum atomic E-state index is -4.72. The van der Waals surface area contributed by atoms with Crippen molar-refractivity contribution in [3.05, 3.63) is 58.1 Å². The molecule has 0 aliphatic carbocycles. The van der Waals surface area contributed by atoms with Crippen LogP contribution in [0.25, 0.3) is 0 Å². The van der Waals surface area contributed by atoms with Gasteiger partial charge in [-0.2, -0.15) is 0 Å². The van der Waals surface area contributed by atoms with Crippen LogP contribution in [0.5, 0.6) is 11.5 Å². The Kier molecular flexibility index (Phi) is 5.74. The second-order valence-electron chi connectivity index (χ2n) is 5.98. The number of hydrogen-bond donors (Lipinski definition) is 2. The number of ether oxygens (including phenoxy) is 1. The van der Waals surface area contributed by atoms with Crippen LogP contribution >= 0.6 is 15.9 Å². The fraction of sp³-hybridized carbons (Fsp3) is 0.333. The Hall–Kier alpha value is -1.77. The second-order valence-corrected chi connectivity index (χ2v) is 6.84. The van der Waals surface area contributed by atoms with Gasteiger partial charge in [0.1, 0.15) is 11.5 Å². The fourth-order valence-electron chi connectivity index (χ4n) is 3.13. The molecule has 1 aliphatic rings. The number of alkyl halides is 3. The highest BCUT2D eigenvalue weighted by Crippen LogP contribution is 2.38. The number of halogens is 4. The predicted octanol–water partition coefficient (Wildman–Crippen LogP) is 4.05. The average Bonchev–Trinajstić information content (AvgIpc) is 2.60. The quantitative estimate of drug-likeness (QED) is 0.767. The van der Waals surface area contributed by atoms with Gasteiger partial charge in [-0.25, -0.2) is 0 Å². The summed E-state index contributed by atoms with van der Waals surface area (Å²) in [5, 5.41) is 13.8. The van der Waals surface area contributed by atoms with Crippen molar-refractivity contribution in [1.82, 2.24) is 10.2 Å². The topological polar surface area (TPSA) is 44.7 Å². The van der Waals surface area contributed by atoms with E-state index in [0.29, 0.717) is 10.0 Å². The van der Waals surface area contributed by atoms with E-state index in [-0.39, 0.29) is 17.5 Å². The fourth-order valence-corrected chi connectivity index (χ4v) is 3.51. The minimum Gasteiger partial charge on any atom is -0.506 e. The van der Waals surface area contributed by atoms with Crippen LogP contribution in [0.1, 0.15) is 17.2 Å². The lowest BCUT2D eigenvalue weighted by molar-refractivity contribution is -0.274.